The Hall–Kier alpha value is -0.0600. The van der Waals surface area contributed by atoms with Crippen molar-refractivity contribution in [3.8, 4) is 0 Å². The molecule has 1 rings (SSSR count). The predicted octanol–water partition coefficient (Wildman–Crippen LogP) is 1.95. The zero-order chi connectivity index (χ0) is 8.27. The van der Waals surface area contributed by atoms with Crippen molar-refractivity contribution in [3.63, 3.8) is 0 Å². The predicted molar refractivity (Wildman–Crippen MR) is 53.6 cm³/mol. The molecular weight excluding hydrogens is 253 g/mol. The Morgan fingerprint density at radius 3 is 2.45 bits per heavy atom. The fourth-order valence-electron chi connectivity index (χ4n) is 1.22. The summed E-state index contributed by atoms with van der Waals surface area (Å²) in [4.78, 5) is 13.4. The van der Waals surface area contributed by atoms with Crippen LogP contribution < -0.4 is 0 Å². The molecule has 0 N–H and O–H groups in total. The van der Waals surface area contributed by atoms with E-state index in [1.165, 1.54) is 12.8 Å². The summed E-state index contributed by atoms with van der Waals surface area (Å²) in [5.74, 6) is 0.205. The summed E-state index contributed by atoms with van der Waals surface area (Å²) in [5.41, 5.74) is 0.854. The molecule has 0 radical (unpaired) electrons. The van der Waals surface area contributed by atoms with E-state index in [0.29, 0.717) is 0 Å². The van der Waals surface area contributed by atoms with Gasteiger partial charge in [-0.2, -0.15) is 0 Å². The fourth-order valence-corrected chi connectivity index (χ4v) is 1.48. The average molecular weight is 265 g/mol. The van der Waals surface area contributed by atoms with E-state index < -0.39 is 0 Å². The van der Waals surface area contributed by atoms with E-state index in [1.54, 1.807) is 0 Å². The third-order valence-corrected chi connectivity index (χ3v) is 2.83. The molecule has 0 aromatic carbocycles. The number of carbonyl (C=O) groups excluding carboxylic acids is 1. The van der Waals surface area contributed by atoms with Gasteiger partial charge in [-0.15, -0.1) is 0 Å². The van der Waals surface area contributed by atoms with Gasteiger partial charge in [0.2, 0.25) is 5.91 Å². The van der Waals surface area contributed by atoms with Gasteiger partial charge in [0.15, 0.2) is 0 Å². The second kappa shape index (κ2) is 4.09. The Morgan fingerprint density at radius 1 is 1.45 bits per heavy atom. The van der Waals surface area contributed by atoms with E-state index in [1.807, 2.05) is 15.9 Å². The van der Waals surface area contributed by atoms with E-state index in [4.69, 9.17) is 0 Å². The summed E-state index contributed by atoms with van der Waals surface area (Å²) >= 11 is 2.11. The highest BCUT2D eigenvalue weighted by Gasteiger charge is 2.18. The normalized spacial score (nSPS) is 19.1. The number of amides is 1. The van der Waals surface area contributed by atoms with Crippen molar-refractivity contribution in [2.24, 2.45) is 0 Å². The maximum Gasteiger partial charge on any atom is 0.249 e. The molecule has 62 valence electrons. The topological polar surface area (TPSA) is 20.3 Å². The molecule has 2 nitrogen and oxygen atoms in total. The van der Waals surface area contributed by atoms with Crippen molar-refractivity contribution >= 4 is 28.5 Å². The zero-order valence-electron chi connectivity index (χ0n) is 6.64. The van der Waals surface area contributed by atoms with Gasteiger partial charge in [-0.1, -0.05) is 22.6 Å². The number of carbonyl (C=O) groups is 1. The van der Waals surface area contributed by atoms with Gasteiger partial charge in [-0.05, 0) is 23.8 Å². The maximum absolute atomic E-state index is 11.4. The number of likely N-dealkylation sites (tertiary alicyclic amines) is 1. The number of halogens is 1. The minimum Gasteiger partial charge on any atom is -0.339 e. The highest BCUT2D eigenvalue weighted by molar-refractivity contribution is 14.1. The molecule has 0 bridgehead atoms. The van der Waals surface area contributed by atoms with Crippen LogP contribution >= 0.6 is 22.6 Å². The molecule has 1 fully saturated rings. The van der Waals surface area contributed by atoms with E-state index in [-0.39, 0.29) is 5.91 Å². The Kier molecular flexibility index (Phi) is 3.36. The van der Waals surface area contributed by atoms with Crippen LogP contribution in [-0.2, 0) is 4.79 Å². The van der Waals surface area contributed by atoms with Crippen molar-refractivity contribution in [3.05, 3.63) is 9.66 Å². The molecule has 0 atom stereocenters. The fraction of sp³-hybridized carbons (Fsp3) is 0.625. The molecule has 0 unspecified atom stereocenters. The van der Waals surface area contributed by atoms with Gasteiger partial charge in [0.05, 0.1) is 0 Å². The van der Waals surface area contributed by atoms with Crippen molar-refractivity contribution in [1.29, 1.82) is 0 Å². The quantitative estimate of drug-likeness (QED) is 0.524. The summed E-state index contributed by atoms with van der Waals surface area (Å²) in [6, 6.07) is 0. The summed E-state index contributed by atoms with van der Waals surface area (Å²) in [6.07, 6.45) is 2.33. The highest BCUT2D eigenvalue weighted by Crippen LogP contribution is 2.11. The van der Waals surface area contributed by atoms with Gasteiger partial charge in [0, 0.05) is 18.7 Å². The van der Waals surface area contributed by atoms with E-state index in [2.05, 4.69) is 22.6 Å². The Labute approximate surface area is 80.8 Å². The summed E-state index contributed by atoms with van der Waals surface area (Å²) < 4.78 is 1.85. The monoisotopic (exact) mass is 265 g/mol. The number of nitrogens with zero attached hydrogens (tertiary/aromatic N) is 1. The molecule has 1 saturated heterocycles. The van der Waals surface area contributed by atoms with Crippen LogP contribution in [0.1, 0.15) is 19.8 Å². The lowest BCUT2D eigenvalue weighted by molar-refractivity contribution is -0.126. The van der Waals surface area contributed by atoms with Crippen LogP contribution in [0, 0.1) is 0 Å². The lowest BCUT2D eigenvalue weighted by Gasteiger charge is -2.14. The second-order valence-electron chi connectivity index (χ2n) is 2.79. The lowest BCUT2D eigenvalue weighted by Crippen LogP contribution is -2.27. The smallest absolute Gasteiger partial charge is 0.249 e. The molecule has 0 aliphatic carbocycles. The van der Waals surface area contributed by atoms with Crippen molar-refractivity contribution in [1.82, 2.24) is 4.90 Å². The van der Waals surface area contributed by atoms with Gasteiger partial charge in [0.25, 0.3) is 0 Å². The van der Waals surface area contributed by atoms with Crippen molar-refractivity contribution < 1.29 is 4.79 Å². The standard InChI is InChI=1S/C8H12INO/c1-7(6-9)8(11)10-4-2-3-5-10/h6H,2-5H2,1H3. The number of hydrogen-bond acceptors (Lipinski definition) is 1. The Bertz CT molecular complexity index is 183. The van der Waals surface area contributed by atoms with E-state index in [0.717, 1.165) is 18.7 Å². The molecule has 0 saturated carbocycles. The van der Waals surface area contributed by atoms with E-state index >= 15 is 0 Å². The maximum atomic E-state index is 11.4. The average Bonchev–Trinajstić information content (AvgIpc) is 2.53. The van der Waals surface area contributed by atoms with Gasteiger partial charge < -0.3 is 4.90 Å². The van der Waals surface area contributed by atoms with Crippen molar-refractivity contribution in [2.75, 3.05) is 13.1 Å². The molecule has 1 aliphatic heterocycles. The first-order chi connectivity index (χ1) is 5.25. The molecule has 0 aromatic heterocycles. The van der Waals surface area contributed by atoms with E-state index in [9.17, 15) is 4.79 Å². The SMILES string of the molecule is CC(=CI)C(=O)N1CCCC1. The van der Waals surface area contributed by atoms with Crippen LogP contribution in [-0.4, -0.2) is 23.9 Å². The number of hydrogen-bond donors (Lipinski definition) is 0. The Balaban J connectivity index is 2.53. The molecule has 1 aliphatic rings. The molecule has 1 amide bonds. The van der Waals surface area contributed by atoms with Gasteiger partial charge in [-0.3, -0.25) is 4.79 Å². The lowest BCUT2D eigenvalue weighted by atomic mass is 10.3. The molecule has 11 heavy (non-hydrogen) atoms. The largest absolute Gasteiger partial charge is 0.339 e. The van der Waals surface area contributed by atoms with Crippen molar-refractivity contribution in [2.45, 2.75) is 19.8 Å². The second-order valence-corrected chi connectivity index (χ2v) is 3.41. The minimum absolute atomic E-state index is 0.205. The molecule has 1 heterocycles. The molecular formula is C8H12INO. The third-order valence-electron chi connectivity index (χ3n) is 1.89. The summed E-state index contributed by atoms with van der Waals surface area (Å²) in [6.45, 7) is 3.76. The summed E-state index contributed by atoms with van der Waals surface area (Å²) in [7, 11) is 0. The summed E-state index contributed by atoms with van der Waals surface area (Å²) in [5, 5.41) is 0. The van der Waals surface area contributed by atoms with Crippen LogP contribution in [0.15, 0.2) is 9.66 Å². The third kappa shape index (κ3) is 2.18. The first-order valence-electron chi connectivity index (χ1n) is 3.82. The molecule has 0 aromatic rings. The van der Waals surface area contributed by atoms with Crippen LogP contribution in [0.3, 0.4) is 0 Å². The Morgan fingerprint density at radius 2 is 2.00 bits per heavy atom. The van der Waals surface area contributed by atoms with Crippen LogP contribution in [0.4, 0.5) is 0 Å². The van der Waals surface area contributed by atoms with Gasteiger partial charge in [-0.25, -0.2) is 0 Å². The molecule has 3 heteroatoms. The van der Waals surface area contributed by atoms with Gasteiger partial charge >= 0.3 is 0 Å². The number of rotatable bonds is 1. The zero-order valence-corrected chi connectivity index (χ0v) is 8.80. The van der Waals surface area contributed by atoms with Crippen LogP contribution in [0.2, 0.25) is 0 Å². The molecule has 0 spiro atoms. The first-order valence-corrected chi connectivity index (χ1v) is 5.06. The van der Waals surface area contributed by atoms with Crippen LogP contribution in [0.25, 0.3) is 0 Å². The van der Waals surface area contributed by atoms with Crippen LogP contribution in [0.5, 0.6) is 0 Å². The first kappa shape index (κ1) is 9.03. The van der Waals surface area contributed by atoms with Gasteiger partial charge in [0.1, 0.15) is 0 Å². The highest BCUT2D eigenvalue weighted by atomic mass is 127. The minimum atomic E-state index is 0.205.